The zero-order valence-corrected chi connectivity index (χ0v) is 11.7. The van der Waals surface area contributed by atoms with Gasteiger partial charge in [-0.1, -0.05) is 15.9 Å². The van der Waals surface area contributed by atoms with Crippen molar-refractivity contribution in [3.05, 3.63) is 34.1 Å². The van der Waals surface area contributed by atoms with Gasteiger partial charge in [0.2, 0.25) is 5.91 Å². The Morgan fingerprint density at radius 3 is 3.00 bits per heavy atom. The molecule has 1 N–H and O–H groups in total. The smallest absolute Gasteiger partial charge is 0.249 e. The molecular formula is C13H15BrFNO2. The van der Waals surface area contributed by atoms with E-state index in [1.54, 1.807) is 12.1 Å². The molecule has 0 aromatic heterocycles. The van der Waals surface area contributed by atoms with Crippen LogP contribution in [-0.2, 0) is 16.1 Å². The highest BCUT2D eigenvalue weighted by Crippen LogP contribution is 2.19. The molecule has 0 aliphatic carbocycles. The molecule has 0 saturated carbocycles. The normalized spacial score (nSPS) is 23.1. The van der Waals surface area contributed by atoms with E-state index in [9.17, 15) is 9.18 Å². The third-order valence-corrected chi connectivity index (χ3v) is 3.48. The molecule has 1 aromatic rings. The van der Waals surface area contributed by atoms with Crippen LogP contribution >= 0.6 is 15.9 Å². The zero-order valence-electron chi connectivity index (χ0n) is 10.1. The predicted molar refractivity (Wildman–Crippen MR) is 69.5 cm³/mol. The molecule has 0 radical (unpaired) electrons. The monoisotopic (exact) mass is 315 g/mol. The average Bonchev–Trinajstić information content (AvgIpc) is 2.77. The largest absolute Gasteiger partial charge is 0.365 e. The van der Waals surface area contributed by atoms with E-state index < -0.39 is 6.10 Å². The minimum atomic E-state index is -0.393. The zero-order chi connectivity index (χ0) is 13.1. The Morgan fingerprint density at radius 1 is 1.56 bits per heavy atom. The second kappa shape index (κ2) is 5.80. The second-order valence-electron chi connectivity index (χ2n) is 4.47. The van der Waals surface area contributed by atoms with Crippen LogP contribution in [0, 0.1) is 5.82 Å². The molecule has 2 unspecified atom stereocenters. The third-order valence-electron chi connectivity index (χ3n) is 2.99. The minimum Gasteiger partial charge on any atom is -0.365 e. The quantitative estimate of drug-likeness (QED) is 0.931. The van der Waals surface area contributed by atoms with Crippen LogP contribution in [-0.4, -0.2) is 18.1 Å². The van der Waals surface area contributed by atoms with Gasteiger partial charge in [-0.25, -0.2) is 4.39 Å². The van der Waals surface area contributed by atoms with Crippen LogP contribution in [0.25, 0.3) is 0 Å². The van der Waals surface area contributed by atoms with Crippen molar-refractivity contribution in [3.63, 3.8) is 0 Å². The predicted octanol–water partition coefficient (Wildman–Crippen LogP) is 2.77. The van der Waals surface area contributed by atoms with Crippen LogP contribution in [0.2, 0.25) is 0 Å². The van der Waals surface area contributed by atoms with Crippen molar-refractivity contribution in [2.24, 2.45) is 0 Å². The van der Waals surface area contributed by atoms with Gasteiger partial charge in [0.05, 0.1) is 6.10 Å². The van der Waals surface area contributed by atoms with Gasteiger partial charge in [-0.2, -0.15) is 0 Å². The Bertz CT molecular complexity index is 453. The number of nitrogens with one attached hydrogen (secondary N) is 1. The fraction of sp³-hybridized carbons (Fsp3) is 0.462. The van der Waals surface area contributed by atoms with E-state index in [1.807, 2.05) is 6.92 Å². The Labute approximate surface area is 114 Å². The van der Waals surface area contributed by atoms with E-state index >= 15 is 0 Å². The van der Waals surface area contributed by atoms with E-state index in [2.05, 4.69) is 21.2 Å². The fourth-order valence-corrected chi connectivity index (χ4v) is 2.38. The highest BCUT2D eigenvalue weighted by molar-refractivity contribution is 9.10. The standard InChI is InChI=1S/C13H15BrFNO2/c1-8-2-5-12(18-8)13(17)16-7-9-6-10(14)3-4-11(9)15/h3-4,6,8,12H,2,5,7H2,1H3,(H,16,17). The van der Waals surface area contributed by atoms with Crippen molar-refractivity contribution in [2.75, 3.05) is 0 Å². The maximum absolute atomic E-state index is 13.5. The lowest BCUT2D eigenvalue weighted by molar-refractivity contribution is -0.131. The lowest BCUT2D eigenvalue weighted by Crippen LogP contribution is -2.34. The Balaban J connectivity index is 1.91. The molecule has 98 valence electrons. The highest BCUT2D eigenvalue weighted by Gasteiger charge is 2.27. The molecule has 1 amide bonds. The van der Waals surface area contributed by atoms with E-state index in [0.29, 0.717) is 5.56 Å². The molecule has 1 aliphatic rings. The van der Waals surface area contributed by atoms with Crippen LogP contribution in [0.1, 0.15) is 25.3 Å². The van der Waals surface area contributed by atoms with E-state index in [4.69, 9.17) is 4.74 Å². The van der Waals surface area contributed by atoms with Gasteiger partial charge in [0, 0.05) is 16.6 Å². The SMILES string of the molecule is CC1CCC(C(=O)NCc2cc(Br)ccc2F)O1. The van der Waals surface area contributed by atoms with Crippen LogP contribution in [0.4, 0.5) is 4.39 Å². The lowest BCUT2D eigenvalue weighted by atomic mass is 10.2. The summed E-state index contributed by atoms with van der Waals surface area (Å²) in [4.78, 5) is 11.8. The Hall–Kier alpha value is -0.940. The molecule has 2 rings (SSSR count). The van der Waals surface area contributed by atoms with Gasteiger partial charge in [0.25, 0.3) is 0 Å². The van der Waals surface area contributed by atoms with Crippen molar-refractivity contribution in [1.29, 1.82) is 0 Å². The second-order valence-corrected chi connectivity index (χ2v) is 5.38. The van der Waals surface area contributed by atoms with E-state index in [1.165, 1.54) is 6.07 Å². The first-order chi connectivity index (χ1) is 8.56. The molecule has 0 bridgehead atoms. The number of halogens is 2. The summed E-state index contributed by atoms with van der Waals surface area (Å²) in [7, 11) is 0. The van der Waals surface area contributed by atoms with Crippen molar-refractivity contribution in [3.8, 4) is 0 Å². The summed E-state index contributed by atoms with van der Waals surface area (Å²) >= 11 is 3.27. The average molecular weight is 316 g/mol. The molecule has 1 saturated heterocycles. The van der Waals surface area contributed by atoms with Crippen molar-refractivity contribution >= 4 is 21.8 Å². The van der Waals surface area contributed by atoms with Gasteiger partial charge in [-0.05, 0) is 38.0 Å². The van der Waals surface area contributed by atoms with Gasteiger partial charge in [0.1, 0.15) is 11.9 Å². The van der Waals surface area contributed by atoms with Crippen LogP contribution in [0.3, 0.4) is 0 Å². The number of rotatable bonds is 3. The third kappa shape index (κ3) is 3.29. The molecule has 0 spiro atoms. The van der Waals surface area contributed by atoms with Crippen LogP contribution < -0.4 is 5.32 Å². The summed E-state index contributed by atoms with van der Waals surface area (Å²) in [5.74, 6) is -0.488. The number of hydrogen-bond donors (Lipinski definition) is 1. The van der Waals surface area contributed by atoms with E-state index in [0.717, 1.165) is 17.3 Å². The van der Waals surface area contributed by atoms with Crippen LogP contribution in [0.15, 0.2) is 22.7 Å². The summed E-state index contributed by atoms with van der Waals surface area (Å²) in [6.45, 7) is 2.12. The van der Waals surface area contributed by atoms with Gasteiger partial charge in [-0.15, -0.1) is 0 Å². The van der Waals surface area contributed by atoms with Crippen molar-refractivity contribution < 1.29 is 13.9 Å². The minimum absolute atomic E-state index is 0.128. The Morgan fingerprint density at radius 2 is 2.33 bits per heavy atom. The molecule has 3 nitrogen and oxygen atoms in total. The first-order valence-electron chi connectivity index (χ1n) is 5.93. The number of carbonyl (C=O) groups excluding carboxylic acids is 1. The summed E-state index contributed by atoms with van der Waals surface area (Å²) in [6, 6.07) is 4.66. The Kier molecular flexibility index (Phi) is 4.35. The molecule has 18 heavy (non-hydrogen) atoms. The molecule has 2 atom stereocenters. The van der Waals surface area contributed by atoms with Crippen LogP contribution in [0.5, 0.6) is 0 Å². The number of amides is 1. The van der Waals surface area contributed by atoms with Crippen molar-refractivity contribution in [2.45, 2.75) is 38.5 Å². The molecule has 1 fully saturated rings. The first-order valence-corrected chi connectivity index (χ1v) is 6.72. The first kappa shape index (κ1) is 13.5. The maximum atomic E-state index is 13.5. The molecule has 1 aliphatic heterocycles. The molecular weight excluding hydrogens is 301 g/mol. The molecule has 1 aromatic carbocycles. The van der Waals surface area contributed by atoms with Gasteiger partial charge >= 0.3 is 0 Å². The maximum Gasteiger partial charge on any atom is 0.249 e. The highest BCUT2D eigenvalue weighted by atomic mass is 79.9. The lowest BCUT2D eigenvalue weighted by Gasteiger charge is -2.12. The number of hydrogen-bond acceptors (Lipinski definition) is 2. The van der Waals surface area contributed by atoms with Gasteiger partial charge < -0.3 is 10.1 Å². The molecule has 5 heteroatoms. The van der Waals surface area contributed by atoms with Gasteiger partial charge in [0.15, 0.2) is 0 Å². The fourth-order valence-electron chi connectivity index (χ4n) is 1.97. The summed E-state index contributed by atoms with van der Waals surface area (Å²) in [5, 5.41) is 2.70. The number of carbonyl (C=O) groups is 1. The number of benzene rings is 1. The summed E-state index contributed by atoms with van der Waals surface area (Å²) in [6.07, 6.45) is 1.36. The summed E-state index contributed by atoms with van der Waals surface area (Å²) in [5.41, 5.74) is 0.462. The van der Waals surface area contributed by atoms with Gasteiger partial charge in [-0.3, -0.25) is 4.79 Å². The number of ether oxygens (including phenoxy) is 1. The van der Waals surface area contributed by atoms with E-state index in [-0.39, 0.29) is 24.4 Å². The topological polar surface area (TPSA) is 38.3 Å². The van der Waals surface area contributed by atoms with Crippen molar-refractivity contribution in [1.82, 2.24) is 5.32 Å². The molecule has 1 heterocycles. The summed E-state index contributed by atoms with van der Waals surface area (Å²) < 4.78 is 19.7.